The zero-order valence-electron chi connectivity index (χ0n) is 23.1. The Labute approximate surface area is 260 Å². The smallest absolute Gasteiger partial charge is 0.274 e. The summed E-state index contributed by atoms with van der Waals surface area (Å²) in [6.45, 7) is 1.18. The number of fused-ring (bicyclic) bond motifs is 2. The van der Waals surface area contributed by atoms with E-state index in [9.17, 15) is 19.8 Å². The fourth-order valence-corrected chi connectivity index (χ4v) is 6.87. The topological polar surface area (TPSA) is 173 Å². The van der Waals surface area contributed by atoms with Crippen LogP contribution in [-0.4, -0.2) is 74.4 Å². The maximum absolute atomic E-state index is 14.4. The van der Waals surface area contributed by atoms with E-state index in [-0.39, 0.29) is 19.5 Å². The molecule has 0 spiro atoms. The minimum Gasteiger partial charge on any atom is -0.379 e. The molecule has 0 radical (unpaired) electrons. The van der Waals surface area contributed by atoms with Crippen molar-refractivity contribution < 1.29 is 19.8 Å². The average Bonchev–Trinajstić information content (AvgIpc) is 3.59. The first-order valence-electron chi connectivity index (χ1n) is 14.1. The largest absolute Gasteiger partial charge is 0.379 e. The summed E-state index contributed by atoms with van der Waals surface area (Å²) in [5.74, 6) is -2.77. The van der Waals surface area contributed by atoms with Crippen molar-refractivity contribution in [2.45, 2.75) is 49.3 Å². The van der Waals surface area contributed by atoms with Gasteiger partial charge in [-0.1, -0.05) is 44.0 Å². The number of carbonyl (C=O) groups is 2. The molecule has 1 aliphatic heterocycles. The van der Waals surface area contributed by atoms with Gasteiger partial charge in [0.05, 0.1) is 5.92 Å². The van der Waals surface area contributed by atoms with Gasteiger partial charge in [0, 0.05) is 62.7 Å². The number of nitrogens with two attached hydrogens (primary N) is 2. The monoisotopic (exact) mass is 702 g/mol. The van der Waals surface area contributed by atoms with E-state index in [1.165, 1.54) is 0 Å². The molecule has 3 heterocycles. The molecule has 1 saturated heterocycles. The van der Waals surface area contributed by atoms with Crippen molar-refractivity contribution in [2.75, 3.05) is 26.2 Å². The number of nitrogens with one attached hydrogen (secondary N) is 3. The first-order chi connectivity index (χ1) is 20.1. The second-order valence-electron chi connectivity index (χ2n) is 10.9. The fourth-order valence-electron chi connectivity index (χ4n) is 6.15. The zero-order valence-corrected chi connectivity index (χ0v) is 26.3. The molecular weight excluding hydrogens is 668 g/mol. The number of aromatic nitrogens is 2. The SMILES string of the molecule is NCCCCNC(=O)[C@@]1(O)[C@H](c2c[nH]c3cc(Br)ccc23)[C@@](O)(Cc2c[nH]c3cc(Br)ccc23)C(=O)N1CCCCN. The standard InChI is InChI=1S/C30H36Br2N6O4/c31-19-5-7-21-18(16-36-24(21)13-19)15-29(41)26(23-17-37-25-14-20(32)6-8-22(23)25)30(42,27(39)35-11-3-1-9-33)38(28(29)40)12-4-2-10-34/h5-8,13-14,16-17,26,36-37,41-42H,1-4,9-12,15,33-34H2,(H,35,39)/t26-,29+,30+/m1/s1. The van der Waals surface area contributed by atoms with Crippen LogP contribution < -0.4 is 16.8 Å². The van der Waals surface area contributed by atoms with Gasteiger partial charge in [0.2, 0.25) is 5.72 Å². The highest BCUT2D eigenvalue weighted by molar-refractivity contribution is 9.10. The number of benzene rings is 2. The lowest BCUT2D eigenvalue weighted by Gasteiger charge is -2.37. The Morgan fingerprint density at radius 3 is 2.24 bits per heavy atom. The van der Waals surface area contributed by atoms with Crippen molar-refractivity contribution in [1.82, 2.24) is 20.2 Å². The lowest BCUT2D eigenvalue weighted by atomic mass is 9.75. The number of unbranched alkanes of at least 4 members (excludes halogenated alkanes) is 2. The number of amides is 2. The quantitative estimate of drug-likeness (QED) is 0.112. The van der Waals surface area contributed by atoms with Gasteiger partial charge in [0.1, 0.15) is 0 Å². The fraction of sp³-hybridized carbons (Fsp3) is 0.400. The van der Waals surface area contributed by atoms with Crippen molar-refractivity contribution in [3.8, 4) is 0 Å². The van der Waals surface area contributed by atoms with Crippen LogP contribution >= 0.6 is 31.9 Å². The molecule has 9 N–H and O–H groups in total. The molecule has 42 heavy (non-hydrogen) atoms. The van der Waals surface area contributed by atoms with Crippen LogP contribution in [0.5, 0.6) is 0 Å². The minimum absolute atomic E-state index is 0.0519. The first kappa shape index (κ1) is 30.7. The van der Waals surface area contributed by atoms with Gasteiger partial charge in [0.25, 0.3) is 11.8 Å². The number of aromatic amines is 2. The molecule has 2 amide bonds. The van der Waals surface area contributed by atoms with Gasteiger partial charge in [-0.2, -0.15) is 0 Å². The van der Waals surface area contributed by atoms with Crippen LogP contribution in [0.15, 0.2) is 57.7 Å². The molecule has 1 fully saturated rings. The molecule has 4 aromatic rings. The number of aliphatic hydroxyl groups is 2. The molecule has 224 valence electrons. The van der Waals surface area contributed by atoms with E-state index >= 15 is 0 Å². The molecule has 0 aliphatic carbocycles. The van der Waals surface area contributed by atoms with Crippen LogP contribution in [0.3, 0.4) is 0 Å². The Kier molecular flexibility index (Phi) is 9.12. The minimum atomic E-state index is -2.37. The number of halogens is 2. The highest BCUT2D eigenvalue weighted by atomic mass is 79.9. The third kappa shape index (κ3) is 5.40. The summed E-state index contributed by atoms with van der Waals surface area (Å²) in [7, 11) is 0. The van der Waals surface area contributed by atoms with Gasteiger partial charge in [-0.15, -0.1) is 0 Å². The molecule has 10 nitrogen and oxygen atoms in total. The summed E-state index contributed by atoms with van der Waals surface area (Å²) < 4.78 is 1.72. The Morgan fingerprint density at radius 2 is 1.55 bits per heavy atom. The Morgan fingerprint density at radius 1 is 0.929 bits per heavy atom. The molecule has 0 unspecified atom stereocenters. The molecule has 2 aromatic carbocycles. The first-order valence-corrected chi connectivity index (χ1v) is 15.7. The van der Waals surface area contributed by atoms with E-state index in [1.54, 1.807) is 12.4 Å². The number of hydrogen-bond acceptors (Lipinski definition) is 6. The lowest BCUT2D eigenvalue weighted by molar-refractivity contribution is -0.167. The van der Waals surface area contributed by atoms with Crippen molar-refractivity contribution in [1.29, 1.82) is 0 Å². The van der Waals surface area contributed by atoms with E-state index in [2.05, 4.69) is 47.1 Å². The molecule has 1 aliphatic rings. The maximum atomic E-state index is 14.4. The van der Waals surface area contributed by atoms with Crippen molar-refractivity contribution in [2.24, 2.45) is 11.5 Å². The Bertz CT molecular complexity index is 1610. The number of nitrogens with zero attached hydrogens (tertiary/aromatic N) is 1. The number of rotatable bonds is 12. The molecule has 0 bridgehead atoms. The Balaban J connectivity index is 1.67. The Hall–Kier alpha value is -2.74. The number of carbonyl (C=O) groups excluding carboxylic acids is 2. The summed E-state index contributed by atoms with van der Waals surface area (Å²) in [6.07, 6.45) is 5.64. The summed E-state index contributed by atoms with van der Waals surface area (Å²) in [4.78, 5) is 35.9. The molecule has 5 rings (SSSR count). The van der Waals surface area contributed by atoms with Gasteiger partial charge in [0.15, 0.2) is 5.60 Å². The van der Waals surface area contributed by atoms with E-state index < -0.39 is 29.1 Å². The summed E-state index contributed by atoms with van der Waals surface area (Å²) >= 11 is 6.97. The average molecular weight is 704 g/mol. The number of likely N-dealkylation sites (tertiary alicyclic amines) is 1. The van der Waals surface area contributed by atoms with Crippen molar-refractivity contribution in [3.63, 3.8) is 0 Å². The molecule has 3 atom stereocenters. The summed E-state index contributed by atoms with van der Waals surface area (Å²) in [5.41, 5.74) is 9.56. The second-order valence-corrected chi connectivity index (χ2v) is 12.7. The second kappa shape index (κ2) is 12.5. The molecule has 12 heteroatoms. The summed E-state index contributed by atoms with van der Waals surface area (Å²) in [5, 5.41) is 29.5. The van der Waals surface area contributed by atoms with Gasteiger partial charge in [-0.3, -0.25) is 9.59 Å². The van der Waals surface area contributed by atoms with Gasteiger partial charge in [-0.25, -0.2) is 0 Å². The molecule has 2 aromatic heterocycles. The zero-order chi connectivity index (χ0) is 30.1. The predicted octanol–water partition coefficient (Wildman–Crippen LogP) is 3.36. The van der Waals surface area contributed by atoms with Crippen LogP contribution in [0.25, 0.3) is 21.8 Å². The van der Waals surface area contributed by atoms with E-state index in [1.807, 2.05) is 36.4 Å². The third-order valence-corrected chi connectivity index (χ3v) is 9.16. The van der Waals surface area contributed by atoms with Crippen LogP contribution in [0, 0.1) is 0 Å². The number of hydrogen-bond donors (Lipinski definition) is 7. The molecule has 0 saturated carbocycles. The van der Waals surface area contributed by atoms with E-state index in [4.69, 9.17) is 11.5 Å². The van der Waals surface area contributed by atoms with Gasteiger partial charge in [-0.05, 0) is 74.2 Å². The predicted molar refractivity (Wildman–Crippen MR) is 170 cm³/mol. The van der Waals surface area contributed by atoms with Crippen LogP contribution in [0.1, 0.15) is 42.7 Å². The van der Waals surface area contributed by atoms with Crippen LogP contribution in [-0.2, 0) is 16.0 Å². The third-order valence-electron chi connectivity index (χ3n) is 8.17. The van der Waals surface area contributed by atoms with Crippen molar-refractivity contribution >= 4 is 65.5 Å². The highest BCUT2D eigenvalue weighted by Gasteiger charge is 2.70. The van der Waals surface area contributed by atoms with Gasteiger partial charge >= 0.3 is 0 Å². The number of H-pyrrole nitrogens is 2. The lowest BCUT2D eigenvalue weighted by Crippen LogP contribution is -2.59. The maximum Gasteiger partial charge on any atom is 0.274 e. The van der Waals surface area contributed by atoms with Crippen LogP contribution in [0.2, 0.25) is 0 Å². The van der Waals surface area contributed by atoms with Crippen molar-refractivity contribution in [3.05, 3.63) is 68.9 Å². The van der Waals surface area contributed by atoms with Crippen LogP contribution in [0.4, 0.5) is 0 Å². The van der Waals surface area contributed by atoms with E-state index in [0.717, 1.165) is 30.3 Å². The highest BCUT2D eigenvalue weighted by Crippen LogP contribution is 2.51. The summed E-state index contributed by atoms with van der Waals surface area (Å²) in [6, 6.07) is 11.3. The van der Waals surface area contributed by atoms with E-state index in [0.29, 0.717) is 55.3 Å². The molecular formula is C30H36Br2N6O4. The normalized spacial score (nSPS) is 22.5. The van der Waals surface area contributed by atoms with Gasteiger partial charge < -0.3 is 41.9 Å².